The van der Waals surface area contributed by atoms with Gasteiger partial charge in [0.2, 0.25) is 0 Å². The number of nitrogens with zero attached hydrogens (tertiary/aromatic N) is 1. The normalized spacial score (nSPS) is 12.5. The second-order valence-electron chi connectivity index (χ2n) is 5.17. The zero-order valence-electron chi connectivity index (χ0n) is 12.1. The Morgan fingerprint density at radius 3 is 2.76 bits per heavy atom. The smallest absolute Gasteiger partial charge is 0.0583 e. The van der Waals surface area contributed by atoms with Crippen molar-refractivity contribution >= 4 is 26.7 Å². The molecule has 0 aliphatic heterocycles. The summed E-state index contributed by atoms with van der Waals surface area (Å²) >= 11 is 3.58. The summed E-state index contributed by atoms with van der Waals surface area (Å²) in [6.45, 7) is 2.15. The van der Waals surface area contributed by atoms with Gasteiger partial charge in [-0.05, 0) is 54.2 Å². The van der Waals surface area contributed by atoms with Crippen molar-refractivity contribution in [2.45, 2.75) is 13.0 Å². The van der Waals surface area contributed by atoms with E-state index < -0.39 is 0 Å². The molecule has 21 heavy (non-hydrogen) atoms. The molecule has 1 atom stereocenters. The summed E-state index contributed by atoms with van der Waals surface area (Å²) in [7, 11) is 2.00. The number of hydrogen-bond donors (Lipinski definition) is 1. The standard InChI is InChI=1S/C18H17BrN2/c1-12-6-7-14(19)10-17(12)18(20-2)16-5-3-4-13-11-21-9-8-15(13)16/h3-11,18,20H,1-2H3. The van der Waals surface area contributed by atoms with E-state index in [4.69, 9.17) is 0 Å². The van der Waals surface area contributed by atoms with E-state index in [1.165, 1.54) is 27.5 Å². The van der Waals surface area contributed by atoms with Crippen LogP contribution in [0.2, 0.25) is 0 Å². The summed E-state index contributed by atoms with van der Waals surface area (Å²) in [5.41, 5.74) is 3.85. The Labute approximate surface area is 133 Å². The molecule has 1 heterocycles. The van der Waals surface area contributed by atoms with Crippen molar-refractivity contribution in [1.82, 2.24) is 10.3 Å². The average Bonchev–Trinajstić information content (AvgIpc) is 2.51. The van der Waals surface area contributed by atoms with E-state index in [1.54, 1.807) is 0 Å². The Hall–Kier alpha value is -1.71. The molecule has 3 aromatic rings. The summed E-state index contributed by atoms with van der Waals surface area (Å²) < 4.78 is 1.10. The molecule has 2 aromatic carbocycles. The number of halogens is 1. The van der Waals surface area contributed by atoms with Gasteiger partial charge in [0.1, 0.15) is 0 Å². The molecule has 0 bridgehead atoms. The lowest BCUT2D eigenvalue weighted by molar-refractivity contribution is 0.692. The SMILES string of the molecule is CNC(c1cc(Br)ccc1C)c1cccc2cnccc12. The Morgan fingerprint density at radius 1 is 1.10 bits per heavy atom. The lowest BCUT2D eigenvalue weighted by atomic mass is 9.92. The molecular weight excluding hydrogens is 324 g/mol. The zero-order valence-corrected chi connectivity index (χ0v) is 13.7. The van der Waals surface area contributed by atoms with Gasteiger partial charge in [0.05, 0.1) is 6.04 Å². The van der Waals surface area contributed by atoms with E-state index in [2.05, 4.69) is 75.6 Å². The van der Waals surface area contributed by atoms with E-state index in [0.29, 0.717) is 0 Å². The van der Waals surface area contributed by atoms with Gasteiger partial charge in [-0.1, -0.05) is 40.2 Å². The van der Waals surface area contributed by atoms with Crippen molar-refractivity contribution < 1.29 is 0 Å². The summed E-state index contributed by atoms with van der Waals surface area (Å²) in [6.07, 6.45) is 3.77. The number of rotatable bonds is 3. The number of pyridine rings is 1. The van der Waals surface area contributed by atoms with Crippen LogP contribution in [0.4, 0.5) is 0 Å². The molecule has 3 heteroatoms. The summed E-state index contributed by atoms with van der Waals surface area (Å²) in [4.78, 5) is 4.22. The third kappa shape index (κ3) is 2.71. The largest absolute Gasteiger partial charge is 0.309 e. The van der Waals surface area contributed by atoms with Gasteiger partial charge in [0.15, 0.2) is 0 Å². The van der Waals surface area contributed by atoms with Crippen LogP contribution in [0.3, 0.4) is 0 Å². The first-order valence-corrected chi connectivity index (χ1v) is 7.76. The zero-order chi connectivity index (χ0) is 14.8. The highest BCUT2D eigenvalue weighted by Gasteiger charge is 2.16. The molecule has 2 nitrogen and oxygen atoms in total. The monoisotopic (exact) mass is 340 g/mol. The Balaban J connectivity index is 2.21. The minimum absolute atomic E-state index is 0.161. The second kappa shape index (κ2) is 5.96. The molecule has 0 fully saturated rings. The van der Waals surface area contributed by atoms with Gasteiger partial charge in [0.25, 0.3) is 0 Å². The van der Waals surface area contributed by atoms with Gasteiger partial charge in [0, 0.05) is 22.3 Å². The van der Waals surface area contributed by atoms with Gasteiger partial charge >= 0.3 is 0 Å². The Bertz CT molecular complexity index is 778. The van der Waals surface area contributed by atoms with Crippen LogP contribution in [0, 0.1) is 6.92 Å². The fraction of sp³-hybridized carbons (Fsp3) is 0.167. The van der Waals surface area contributed by atoms with Crippen LogP contribution in [-0.2, 0) is 0 Å². The third-order valence-corrected chi connectivity index (χ3v) is 4.36. The van der Waals surface area contributed by atoms with Crippen LogP contribution in [0.5, 0.6) is 0 Å². The van der Waals surface area contributed by atoms with Gasteiger partial charge in [-0.15, -0.1) is 0 Å². The molecule has 1 unspecified atom stereocenters. The molecule has 0 aliphatic rings. The second-order valence-corrected chi connectivity index (χ2v) is 6.08. The first kappa shape index (κ1) is 14.2. The average molecular weight is 341 g/mol. The van der Waals surface area contributed by atoms with E-state index in [0.717, 1.165) is 4.47 Å². The third-order valence-electron chi connectivity index (χ3n) is 3.87. The van der Waals surface area contributed by atoms with Crippen molar-refractivity contribution in [2.75, 3.05) is 7.05 Å². The number of nitrogens with one attached hydrogen (secondary N) is 1. The van der Waals surface area contributed by atoms with Crippen molar-refractivity contribution in [1.29, 1.82) is 0 Å². The lowest BCUT2D eigenvalue weighted by Crippen LogP contribution is -2.19. The van der Waals surface area contributed by atoms with Crippen LogP contribution < -0.4 is 5.32 Å². The number of benzene rings is 2. The van der Waals surface area contributed by atoms with Crippen LogP contribution >= 0.6 is 15.9 Å². The van der Waals surface area contributed by atoms with Crippen molar-refractivity contribution in [3.63, 3.8) is 0 Å². The first-order chi connectivity index (χ1) is 10.2. The van der Waals surface area contributed by atoms with E-state index in [1.807, 2.05) is 19.4 Å². The van der Waals surface area contributed by atoms with Crippen LogP contribution in [0.25, 0.3) is 10.8 Å². The molecule has 0 radical (unpaired) electrons. The fourth-order valence-corrected chi connectivity index (χ4v) is 3.18. The van der Waals surface area contributed by atoms with Crippen molar-refractivity contribution in [3.8, 4) is 0 Å². The van der Waals surface area contributed by atoms with Gasteiger partial charge in [-0.25, -0.2) is 0 Å². The summed E-state index contributed by atoms with van der Waals surface area (Å²) in [5.74, 6) is 0. The summed E-state index contributed by atoms with van der Waals surface area (Å²) in [5, 5.41) is 5.86. The minimum atomic E-state index is 0.161. The number of fused-ring (bicyclic) bond motifs is 1. The maximum atomic E-state index is 4.22. The summed E-state index contributed by atoms with van der Waals surface area (Å²) in [6, 6.07) is 15.1. The van der Waals surface area contributed by atoms with E-state index in [-0.39, 0.29) is 6.04 Å². The number of hydrogen-bond acceptors (Lipinski definition) is 2. The first-order valence-electron chi connectivity index (χ1n) is 6.96. The fourth-order valence-electron chi connectivity index (χ4n) is 2.80. The minimum Gasteiger partial charge on any atom is -0.309 e. The molecular formula is C18H17BrN2. The molecule has 106 valence electrons. The topological polar surface area (TPSA) is 24.9 Å². The molecule has 0 spiro atoms. The van der Waals surface area contributed by atoms with Gasteiger partial charge < -0.3 is 5.32 Å². The van der Waals surface area contributed by atoms with Crippen molar-refractivity contribution in [3.05, 3.63) is 76.0 Å². The molecule has 3 rings (SSSR count). The molecule has 0 saturated heterocycles. The highest BCUT2D eigenvalue weighted by molar-refractivity contribution is 9.10. The highest BCUT2D eigenvalue weighted by Crippen LogP contribution is 2.31. The van der Waals surface area contributed by atoms with Crippen LogP contribution in [0.1, 0.15) is 22.7 Å². The van der Waals surface area contributed by atoms with Crippen LogP contribution in [0.15, 0.2) is 59.3 Å². The van der Waals surface area contributed by atoms with Crippen LogP contribution in [-0.4, -0.2) is 12.0 Å². The predicted octanol–water partition coefficient (Wildman–Crippen LogP) is 4.61. The molecule has 0 saturated carbocycles. The molecule has 1 N–H and O–H groups in total. The number of aromatic nitrogens is 1. The van der Waals surface area contributed by atoms with E-state index >= 15 is 0 Å². The highest BCUT2D eigenvalue weighted by atomic mass is 79.9. The predicted molar refractivity (Wildman–Crippen MR) is 91.5 cm³/mol. The lowest BCUT2D eigenvalue weighted by Gasteiger charge is -2.21. The Kier molecular flexibility index (Phi) is 4.04. The Morgan fingerprint density at radius 2 is 1.95 bits per heavy atom. The van der Waals surface area contributed by atoms with Gasteiger partial charge in [-0.2, -0.15) is 0 Å². The maximum Gasteiger partial charge on any atom is 0.0583 e. The maximum absolute atomic E-state index is 4.22. The van der Waals surface area contributed by atoms with E-state index in [9.17, 15) is 0 Å². The van der Waals surface area contributed by atoms with Gasteiger partial charge in [-0.3, -0.25) is 4.98 Å². The molecule has 1 aromatic heterocycles. The quantitative estimate of drug-likeness (QED) is 0.752. The molecule has 0 aliphatic carbocycles. The number of aryl methyl sites for hydroxylation is 1. The molecule has 0 amide bonds. The van der Waals surface area contributed by atoms with Crippen molar-refractivity contribution in [2.24, 2.45) is 0 Å².